The topological polar surface area (TPSA) is 56.0 Å². The highest BCUT2D eigenvalue weighted by molar-refractivity contribution is 5.95. The van der Waals surface area contributed by atoms with E-state index in [2.05, 4.69) is 4.98 Å². The lowest BCUT2D eigenvalue weighted by molar-refractivity contribution is 0.0978. The standard InChI is InChI=1S/C11H15FN2O/c12-10-6-9(7-14-8-10)11(15)4-2-1-3-5-13/h6-8H,1-5,13H2. The minimum absolute atomic E-state index is 0.0565. The number of nitrogens with zero attached hydrogens (tertiary/aromatic N) is 1. The Morgan fingerprint density at radius 2 is 2.13 bits per heavy atom. The summed E-state index contributed by atoms with van der Waals surface area (Å²) in [6.45, 7) is 0.649. The van der Waals surface area contributed by atoms with Crippen LogP contribution < -0.4 is 5.73 Å². The van der Waals surface area contributed by atoms with Gasteiger partial charge in [0.25, 0.3) is 0 Å². The zero-order valence-electron chi connectivity index (χ0n) is 8.58. The van der Waals surface area contributed by atoms with Gasteiger partial charge >= 0.3 is 0 Å². The summed E-state index contributed by atoms with van der Waals surface area (Å²) in [6, 6.07) is 1.22. The van der Waals surface area contributed by atoms with Crippen molar-refractivity contribution < 1.29 is 9.18 Å². The van der Waals surface area contributed by atoms with E-state index in [-0.39, 0.29) is 5.78 Å². The van der Waals surface area contributed by atoms with Crippen LogP contribution in [-0.2, 0) is 0 Å². The second-order valence-corrected chi connectivity index (χ2v) is 3.41. The SMILES string of the molecule is NCCCCCC(=O)c1cncc(F)c1. The van der Waals surface area contributed by atoms with Crippen molar-refractivity contribution in [1.29, 1.82) is 0 Å². The lowest BCUT2D eigenvalue weighted by atomic mass is 10.1. The number of unbranched alkanes of at least 4 members (excludes halogenated alkanes) is 2. The maximum Gasteiger partial charge on any atom is 0.164 e. The number of ketones is 1. The Balaban J connectivity index is 2.40. The van der Waals surface area contributed by atoms with Crippen LogP contribution in [0.25, 0.3) is 0 Å². The van der Waals surface area contributed by atoms with Gasteiger partial charge in [-0.3, -0.25) is 9.78 Å². The first-order chi connectivity index (χ1) is 7.24. The number of carbonyl (C=O) groups is 1. The molecule has 0 saturated heterocycles. The fourth-order valence-electron chi connectivity index (χ4n) is 1.32. The minimum Gasteiger partial charge on any atom is -0.330 e. The van der Waals surface area contributed by atoms with Gasteiger partial charge in [-0.15, -0.1) is 0 Å². The molecule has 0 bridgehead atoms. The quantitative estimate of drug-likeness (QED) is 0.576. The van der Waals surface area contributed by atoms with Gasteiger partial charge in [-0.05, 0) is 25.5 Å². The van der Waals surface area contributed by atoms with Crippen LogP contribution in [0.15, 0.2) is 18.5 Å². The van der Waals surface area contributed by atoms with E-state index < -0.39 is 5.82 Å². The number of rotatable bonds is 6. The predicted octanol–water partition coefficient (Wildman–Crippen LogP) is 1.92. The molecule has 0 aliphatic rings. The molecule has 4 heteroatoms. The molecule has 1 aromatic rings. The molecule has 0 radical (unpaired) electrons. The van der Waals surface area contributed by atoms with Crippen LogP contribution in [0.5, 0.6) is 0 Å². The third-order valence-electron chi connectivity index (χ3n) is 2.13. The van der Waals surface area contributed by atoms with E-state index in [1.807, 2.05) is 0 Å². The summed E-state index contributed by atoms with van der Waals surface area (Å²) >= 11 is 0. The second-order valence-electron chi connectivity index (χ2n) is 3.41. The van der Waals surface area contributed by atoms with Gasteiger partial charge in [-0.1, -0.05) is 6.42 Å². The zero-order chi connectivity index (χ0) is 11.1. The number of hydrogen-bond acceptors (Lipinski definition) is 3. The summed E-state index contributed by atoms with van der Waals surface area (Å²) in [4.78, 5) is 15.2. The van der Waals surface area contributed by atoms with Crippen LogP contribution in [0.2, 0.25) is 0 Å². The lowest BCUT2D eigenvalue weighted by Gasteiger charge is -2.00. The highest BCUT2D eigenvalue weighted by Gasteiger charge is 2.06. The van der Waals surface area contributed by atoms with E-state index >= 15 is 0 Å². The number of nitrogens with two attached hydrogens (primary N) is 1. The molecule has 1 rings (SSSR count). The van der Waals surface area contributed by atoms with Gasteiger partial charge in [0.15, 0.2) is 5.78 Å². The first kappa shape index (κ1) is 11.8. The molecule has 0 amide bonds. The van der Waals surface area contributed by atoms with Crippen molar-refractivity contribution in [2.24, 2.45) is 5.73 Å². The van der Waals surface area contributed by atoms with Crippen LogP contribution >= 0.6 is 0 Å². The first-order valence-electron chi connectivity index (χ1n) is 5.08. The number of carbonyl (C=O) groups excluding carboxylic acids is 1. The van der Waals surface area contributed by atoms with Crippen LogP contribution in [0.4, 0.5) is 4.39 Å². The fraction of sp³-hybridized carbons (Fsp3) is 0.455. The average molecular weight is 210 g/mol. The monoisotopic (exact) mass is 210 g/mol. The summed E-state index contributed by atoms with van der Waals surface area (Å²) in [5.74, 6) is -0.526. The summed E-state index contributed by atoms with van der Waals surface area (Å²) in [6.07, 6.45) is 5.58. The molecule has 0 saturated carbocycles. The van der Waals surface area contributed by atoms with Gasteiger partial charge in [0, 0.05) is 18.2 Å². The Kier molecular flexibility index (Phi) is 4.90. The Bertz CT molecular complexity index is 328. The number of pyridine rings is 1. The Morgan fingerprint density at radius 1 is 1.33 bits per heavy atom. The molecule has 0 aromatic carbocycles. The number of hydrogen-bond donors (Lipinski definition) is 1. The number of halogens is 1. The van der Waals surface area contributed by atoms with Crippen molar-refractivity contribution in [2.75, 3.05) is 6.54 Å². The molecule has 1 aromatic heterocycles. The Labute approximate surface area is 88.5 Å². The molecule has 2 N–H and O–H groups in total. The minimum atomic E-state index is -0.470. The van der Waals surface area contributed by atoms with E-state index in [4.69, 9.17) is 5.73 Å². The largest absolute Gasteiger partial charge is 0.330 e. The van der Waals surface area contributed by atoms with Crippen LogP contribution in [0, 0.1) is 5.82 Å². The summed E-state index contributed by atoms with van der Waals surface area (Å²) in [7, 11) is 0. The smallest absolute Gasteiger partial charge is 0.164 e. The van der Waals surface area contributed by atoms with E-state index in [1.165, 1.54) is 12.3 Å². The number of aromatic nitrogens is 1. The summed E-state index contributed by atoms with van der Waals surface area (Å²) in [5.41, 5.74) is 5.68. The molecule has 0 aliphatic carbocycles. The highest BCUT2D eigenvalue weighted by atomic mass is 19.1. The molecule has 15 heavy (non-hydrogen) atoms. The molecule has 3 nitrogen and oxygen atoms in total. The van der Waals surface area contributed by atoms with Gasteiger partial charge < -0.3 is 5.73 Å². The molecule has 82 valence electrons. The molecule has 0 spiro atoms. The maximum absolute atomic E-state index is 12.7. The summed E-state index contributed by atoms with van der Waals surface area (Å²) < 4.78 is 12.7. The molecule has 0 unspecified atom stereocenters. The van der Waals surface area contributed by atoms with Gasteiger partial charge in [-0.25, -0.2) is 4.39 Å². The van der Waals surface area contributed by atoms with Crippen molar-refractivity contribution in [3.8, 4) is 0 Å². The van der Waals surface area contributed by atoms with E-state index in [0.29, 0.717) is 18.5 Å². The van der Waals surface area contributed by atoms with Crippen LogP contribution in [0.1, 0.15) is 36.0 Å². The van der Waals surface area contributed by atoms with E-state index in [1.54, 1.807) is 0 Å². The van der Waals surface area contributed by atoms with E-state index in [0.717, 1.165) is 25.5 Å². The number of Topliss-reactive ketones (excluding diaryl/α,β-unsaturated/α-hetero) is 1. The predicted molar refractivity (Wildman–Crippen MR) is 56.0 cm³/mol. The van der Waals surface area contributed by atoms with Crippen LogP contribution in [0.3, 0.4) is 0 Å². The third-order valence-corrected chi connectivity index (χ3v) is 2.13. The highest BCUT2D eigenvalue weighted by Crippen LogP contribution is 2.08. The normalized spacial score (nSPS) is 10.3. The van der Waals surface area contributed by atoms with Crippen molar-refractivity contribution in [3.05, 3.63) is 29.8 Å². The molecule has 1 heterocycles. The zero-order valence-corrected chi connectivity index (χ0v) is 8.58. The van der Waals surface area contributed by atoms with Crippen molar-refractivity contribution >= 4 is 5.78 Å². The van der Waals surface area contributed by atoms with Crippen LogP contribution in [-0.4, -0.2) is 17.3 Å². The molecule has 0 fully saturated rings. The Hall–Kier alpha value is -1.29. The van der Waals surface area contributed by atoms with Gasteiger partial charge in [0.2, 0.25) is 0 Å². The average Bonchev–Trinajstić information content (AvgIpc) is 2.24. The van der Waals surface area contributed by atoms with Gasteiger partial charge in [-0.2, -0.15) is 0 Å². The third kappa shape index (κ3) is 4.16. The molecule has 0 aliphatic heterocycles. The Morgan fingerprint density at radius 3 is 2.80 bits per heavy atom. The molecular weight excluding hydrogens is 195 g/mol. The van der Waals surface area contributed by atoms with Gasteiger partial charge in [0.05, 0.1) is 6.20 Å². The van der Waals surface area contributed by atoms with Crippen molar-refractivity contribution in [2.45, 2.75) is 25.7 Å². The fourth-order valence-corrected chi connectivity index (χ4v) is 1.32. The van der Waals surface area contributed by atoms with E-state index in [9.17, 15) is 9.18 Å². The maximum atomic E-state index is 12.7. The molecular formula is C11H15FN2O. The van der Waals surface area contributed by atoms with Crippen molar-refractivity contribution in [3.63, 3.8) is 0 Å². The van der Waals surface area contributed by atoms with Crippen molar-refractivity contribution in [1.82, 2.24) is 4.98 Å². The molecule has 0 atom stereocenters. The van der Waals surface area contributed by atoms with Gasteiger partial charge in [0.1, 0.15) is 5.82 Å². The second kappa shape index (κ2) is 6.24. The summed E-state index contributed by atoms with van der Waals surface area (Å²) in [5, 5.41) is 0. The first-order valence-corrected chi connectivity index (χ1v) is 5.08. The lowest BCUT2D eigenvalue weighted by Crippen LogP contribution is -2.02.